The van der Waals surface area contributed by atoms with Gasteiger partial charge < -0.3 is 20.6 Å². The van der Waals surface area contributed by atoms with E-state index in [-0.39, 0.29) is 35.4 Å². The lowest BCUT2D eigenvalue weighted by molar-refractivity contribution is -0.0916. The lowest BCUT2D eigenvalue weighted by atomic mass is 9.48. The molecule has 1 amide bonds. The Balaban J connectivity index is 1.66. The molecule has 0 spiro atoms. The first-order chi connectivity index (χ1) is 14.8. The van der Waals surface area contributed by atoms with Gasteiger partial charge in [-0.1, -0.05) is 50.3 Å². The van der Waals surface area contributed by atoms with Crippen LogP contribution in [0, 0.1) is 34.5 Å². The molecule has 0 saturated heterocycles. The summed E-state index contributed by atoms with van der Waals surface area (Å²) in [5.41, 5.74) is 2.62. The molecule has 0 bridgehead atoms. The van der Waals surface area contributed by atoms with Gasteiger partial charge in [-0.2, -0.15) is 0 Å². The maximum absolute atomic E-state index is 11.4. The van der Waals surface area contributed by atoms with Crippen molar-refractivity contribution in [3.8, 4) is 0 Å². The van der Waals surface area contributed by atoms with Crippen molar-refractivity contribution in [3.63, 3.8) is 0 Å². The van der Waals surface area contributed by atoms with Gasteiger partial charge in [-0.15, -0.1) is 0 Å². The minimum atomic E-state index is -0.969. The van der Waals surface area contributed by atoms with Gasteiger partial charge in [0.1, 0.15) is 0 Å². The fourth-order valence-electron chi connectivity index (χ4n) is 7.40. The Morgan fingerprint density at radius 3 is 2.55 bits per heavy atom. The van der Waals surface area contributed by atoms with Gasteiger partial charge in [-0.3, -0.25) is 0 Å². The number of hydrogen-bond donors (Lipinski definition) is 4. The highest BCUT2D eigenvalue weighted by molar-refractivity contribution is 5.73. The van der Waals surface area contributed by atoms with Crippen LogP contribution in [-0.2, 0) is 0 Å². The number of nitrogens with one attached hydrogen (secondary N) is 1. The molecule has 2 fully saturated rings. The topological polar surface area (TPSA) is 89.8 Å². The van der Waals surface area contributed by atoms with Crippen molar-refractivity contribution in [2.75, 3.05) is 13.2 Å². The van der Waals surface area contributed by atoms with Crippen molar-refractivity contribution in [2.24, 2.45) is 34.5 Å². The molecule has 3 aliphatic carbocycles. The summed E-state index contributed by atoms with van der Waals surface area (Å²) in [5, 5.41) is 32.5. The van der Waals surface area contributed by atoms with Crippen molar-refractivity contribution in [1.82, 2.24) is 5.32 Å². The highest BCUT2D eigenvalue weighted by Crippen LogP contribution is 2.63. The average molecular weight is 428 g/mol. The average Bonchev–Trinajstić information content (AvgIpc) is 3.11. The van der Waals surface area contributed by atoms with E-state index in [1.165, 1.54) is 11.1 Å². The summed E-state index contributed by atoms with van der Waals surface area (Å²) in [6, 6.07) is 10.6. The Bertz CT molecular complexity index is 824. The van der Waals surface area contributed by atoms with Crippen molar-refractivity contribution in [3.05, 3.63) is 42.0 Å². The highest BCUT2D eigenvalue weighted by atomic mass is 16.4. The molecule has 4 rings (SSSR count). The fourth-order valence-corrected chi connectivity index (χ4v) is 7.40. The second-order valence-electron chi connectivity index (χ2n) is 10.6. The molecule has 7 atom stereocenters. The third kappa shape index (κ3) is 3.91. The monoisotopic (exact) mass is 427 g/mol. The number of allylic oxidation sites excluding steroid dienone is 2. The quantitative estimate of drug-likeness (QED) is 0.555. The molecule has 5 nitrogen and oxygen atoms in total. The number of rotatable bonds is 5. The Labute approximate surface area is 185 Å². The van der Waals surface area contributed by atoms with Crippen LogP contribution in [0.15, 0.2) is 36.4 Å². The summed E-state index contributed by atoms with van der Waals surface area (Å²) in [6.07, 6.45) is 6.41. The highest BCUT2D eigenvalue weighted by Gasteiger charge is 2.56. The van der Waals surface area contributed by atoms with Gasteiger partial charge in [-0.05, 0) is 84.2 Å². The van der Waals surface area contributed by atoms with Gasteiger partial charge in [0.25, 0.3) is 0 Å². The van der Waals surface area contributed by atoms with Crippen LogP contribution in [0.25, 0.3) is 5.57 Å². The second kappa shape index (κ2) is 8.59. The zero-order valence-electron chi connectivity index (χ0n) is 18.8. The van der Waals surface area contributed by atoms with E-state index in [4.69, 9.17) is 0 Å². The van der Waals surface area contributed by atoms with E-state index in [0.29, 0.717) is 24.8 Å². The molecule has 170 valence electrons. The minimum Gasteiger partial charge on any atom is -0.465 e. The summed E-state index contributed by atoms with van der Waals surface area (Å²) in [5.74, 6) is 0.962. The third-order valence-corrected chi connectivity index (χ3v) is 9.16. The summed E-state index contributed by atoms with van der Waals surface area (Å²) in [7, 11) is 0. The Hall–Kier alpha value is -1.85. The SMILES string of the molecule is C[C@@]1([C@H]2CC[C@]3(C)C(c4ccccc4)=CC[C@H]3[C@@H]2CNC(=O)O)CC[C@H](O)C[C@@H]1CO. The van der Waals surface area contributed by atoms with Gasteiger partial charge in [0.2, 0.25) is 0 Å². The molecule has 4 N–H and O–H groups in total. The van der Waals surface area contributed by atoms with Crippen LogP contribution in [0.5, 0.6) is 0 Å². The normalized spacial score (nSPS) is 40.1. The van der Waals surface area contributed by atoms with Crippen LogP contribution in [-0.4, -0.2) is 40.7 Å². The van der Waals surface area contributed by atoms with Crippen molar-refractivity contribution in [1.29, 1.82) is 0 Å². The summed E-state index contributed by atoms with van der Waals surface area (Å²) >= 11 is 0. The van der Waals surface area contributed by atoms with Crippen LogP contribution in [0.1, 0.15) is 57.9 Å². The number of fused-ring (bicyclic) bond motifs is 1. The van der Waals surface area contributed by atoms with E-state index >= 15 is 0 Å². The number of aliphatic hydroxyl groups is 2. The maximum atomic E-state index is 11.4. The number of aliphatic hydroxyl groups excluding tert-OH is 2. The number of carbonyl (C=O) groups is 1. The minimum absolute atomic E-state index is 0.0297. The first-order valence-electron chi connectivity index (χ1n) is 11.8. The number of carboxylic acid groups (broad SMARTS) is 1. The molecule has 0 heterocycles. The smallest absolute Gasteiger partial charge is 0.404 e. The molecule has 0 aliphatic heterocycles. The largest absolute Gasteiger partial charge is 0.465 e. The molecule has 1 aromatic rings. The van der Waals surface area contributed by atoms with E-state index in [1.807, 2.05) is 6.07 Å². The standard InChI is InChI=1S/C26H37NO4/c1-25(12-10-19(29)14-18(25)16-28)23-11-13-26(2)21(17-6-4-3-5-7-17)8-9-22(26)20(23)15-27-24(30)31/h3-8,18-20,22-23,27-29H,9-16H2,1-2H3,(H,30,31)/t18-,19+,20+,22+,23+,25-,26-/m1/s1. The maximum Gasteiger partial charge on any atom is 0.404 e. The van der Waals surface area contributed by atoms with Gasteiger partial charge in [0.15, 0.2) is 0 Å². The predicted molar refractivity (Wildman–Crippen MR) is 121 cm³/mol. The molecular formula is C26H37NO4. The summed E-state index contributed by atoms with van der Waals surface area (Å²) in [6.45, 7) is 5.18. The van der Waals surface area contributed by atoms with Gasteiger partial charge >= 0.3 is 6.09 Å². The zero-order valence-corrected chi connectivity index (χ0v) is 18.8. The Morgan fingerprint density at radius 1 is 1.13 bits per heavy atom. The van der Waals surface area contributed by atoms with Crippen molar-refractivity contribution in [2.45, 2.75) is 58.5 Å². The van der Waals surface area contributed by atoms with Crippen molar-refractivity contribution >= 4 is 11.7 Å². The molecule has 1 aromatic carbocycles. The first kappa shape index (κ1) is 22.3. The zero-order chi connectivity index (χ0) is 22.2. The van der Waals surface area contributed by atoms with Crippen LogP contribution >= 0.6 is 0 Å². The summed E-state index contributed by atoms with van der Waals surface area (Å²) in [4.78, 5) is 11.4. The Kier molecular flexibility index (Phi) is 6.19. The van der Waals surface area contributed by atoms with E-state index in [1.54, 1.807) is 0 Å². The molecular weight excluding hydrogens is 390 g/mol. The second-order valence-corrected chi connectivity index (χ2v) is 10.6. The molecule has 5 heteroatoms. The molecule has 0 aromatic heterocycles. The molecule has 3 aliphatic rings. The predicted octanol–water partition coefficient (Wildman–Crippen LogP) is 4.55. The van der Waals surface area contributed by atoms with Gasteiger partial charge in [0, 0.05) is 13.2 Å². The molecule has 31 heavy (non-hydrogen) atoms. The number of amides is 1. The van der Waals surface area contributed by atoms with Crippen LogP contribution in [0.3, 0.4) is 0 Å². The molecule has 0 radical (unpaired) electrons. The van der Waals surface area contributed by atoms with Crippen LogP contribution < -0.4 is 5.32 Å². The van der Waals surface area contributed by atoms with Gasteiger partial charge in [-0.25, -0.2) is 4.79 Å². The first-order valence-corrected chi connectivity index (χ1v) is 11.8. The van der Waals surface area contributed by atoms with E-state index in [9.17, 15) is 20.1 Å². The van der Waals surface area contributed by atoms with Crippen LogP contribution in [0.2, 0.25) is 0 Å². The Morgan fingerprint density at radius 2 is 1.87 bits per heavy atom. The molecule has 2 saturated carbocycles. The molecule has 0 unspecified atom stereocenters. The van der Waals surface area contributed by atoms with E-state index < -0.39 is 6.09 Å². The number of hydrogen-bond acceptors (Lipinski definition) is 3. The third-order valence-electron chi connectivity index (χ3n) is 9.16. The number of benzene rings is 1. The van der Waals surface area contributed by atoms with Gasteiger partial charge in [0.05, 0.1) is 6.10 Å². The lowest BCUT2D eigenvalue weighted by Gasteiger charge is -2.57. The van der Waals surface area contributed by atoms with Crippen molar-refractivity contribution < 1.29 is 20.1 Å². The van der Waals surface area contributed by atoms with Crippen LogP contribution in [0.4, 0.5) is 4.79 Å². The van der Waals surface area contributed by atoms with E-state index in [0.717, 1.165) is 32.1 Å². The van der Waals surface area contributed by atoms with E-state index in [2.05, 4.69) is 49.5 Å². The fraction of sp³-hybridized carbons (Fsp3) is 0.654. The lowest BCUT2D eigenvalue weighted by Crippen LogP contribution is -2.53. The summed E-state index contributed by atoms with van der Waals surface area (Å²) < 4.78 is 0.